The van der Waals surface area contributed by atoms with E-state index in [1.807, 2.05) is 37.0 Å². The fourth-order valence-electron chi connectivity index (χ4n) is 2.91. The molecule has 2 aliphatic rings. The molecular formula is C16H18N4O3S. The number of nitrogens with zero attached hydrogens (tertiary/aromatic N) is 3. The first-order valence-electron chi connectivity index (χ1n) is 7.65. The number of methoxy groups -OCH3 is 1. The number of thioether (sulfide) groups is 1. The summed E-state index contributed by atoms with van der Waals surface area (Å²) in [5.41, 5.74) is 1.06. The number of hydrogen-bond acceptors (Lipinski definition) is 8. The molecule has 0 radical (unpaired) electrons. The quantitative estimate of drug-likeness (QED) is 0.906. The van der Waals surface area contributed by atoms with E-state index in [-0.39, 0.29) is 12.2 Å². The number of ether oxygens (including phenoxy) is 3. The number of benzene rings is 1. The summed E-state index contributed by atoms with van der Waals surface area (Å²) in [6.45, 7) is 1.16. The Hall–Kier alpha value is -2.35. The molecule has 8 heteroatoms. The van der Waals surface area contributed by atoms with Gasteiger partial charge in [0.25, 0.3) is 0 Å². The summed E-state index contributed by atoms with van der Waals surface area (Å²) in [5.74, 6) is 4.99. The Bertz CT molecular complexity index is 758. The largest absolute Gasteiger partial charge is 0.496 e. The van der Waals surface area contributed by atoms with Crippen molar-refractivity contribution >= 4 is 23.4 Å². The molecule has 0 amide bonds. The first-order chi connectivity index (χ1) is 11.8. The van der Waals surface area contributed by atoms with Crippen LogP contribution >= 0.6 is 11.8 Å². The van der Waals surface area contributed by atoms with Crippen LogP contribution in [0.1, 0.15) is 10.9 Å². The van der Waals surface area contributed by atoms with Crippen LogP contribution < -0.4 is 24.4 Å². The van der Waals surface area contributed by atoms with Gasteiger partial charge in [-0.25, -0.2) is 9.97 Å². The normalized spacial score (nSPS) is 18.8. The second-order valence-electron chi connectivity index (χ2n) is 5.38. The summed E-state index contributed by atoms with van der Waals surface area (Å²) in [5, 5.41) is 3.16. The van der Waals surface area contributed by atoms with Crippen LogP contribution in [0.25, 0.3) is 0 Å². The predicted octanol–water partition coefficient (Wildman–Crippen LogP) is 2.51. The zero-order valence-electron chi connectivity index (χ0n) is 13.5. The molecule has 2 aliphatic heterocycles. The molecule has 24 heavy (non-hydrogen) atoms. The molecule has 1 atom stereocenters. The molecular weight excluding hydrogens is 328 g/mol. The number of aromatic nitrogens is 2. The Kier molecular flexibility index (Phi) is 3.97. The van der Waals surface area contributed by atoms with Crippen LogP contribution in [0, 0.1) is 0 Å². The Morgan fingerprint density at radius 2 is 2.08 bits per heavy atom. The lowest BCUT2D eigenvalue weighted by Gasteiger charge is -2.26. The standard InChI is InChI=1S/C16H18N4O3S/c1-17-14-7-15(19-8-18-14)20-3-4-24-16(20)10-5-12-13(23-9-22-12)6-11(10)21-2/h5-8,16H,3-4,9H2,1-2H3,(H,17,18,19). The van der Waals surface area contributed by atoms with Crippen molar-refractivity contribution in [1.29, 1.82) is 0 Å². The van der Waals surface area contributed by atoms with E-state index in [1.54, 1.807) is 13.4 Å². The highest BCUT2D eigenvalue weighted by molar-refractivity contribution is 7.99. The Morgan fingerprint density at radius 1 is 1.25 bits per heavy atom. The molecule has 126 valence electrons. The van der Waals surface area contributed by atoms with E-state index >= 15 is 0 Å². The highest BCUT2D eigenvalue weighted by atomic mass is 32.2. The first kappa shape index (κ1) is 15.2. The van der Waals surface area contributed by atoms with Crippen molar-refractivity contribution in [1.82, 2.24) is 9.97 Å². The zero-order valence-corrected chi connectivity index (χ0v) is 14.3. The Morgan fingerprint density at radius 3 is 2.88 bits per heavy atom. The lowest BCUT2D eigenvalue weighted by atomic mass is 10.1. The Labute approximate surface area is 144 Å². The van der Waals surface area contributed by atoms with Crippen LogP contribution in [0.3, 0.4) is 0 Å². The van der Waals surface area contributed by atoms with Gasteiger partial charge in [-0.3, -0.25) is 0 Å². The fourth-order valence-corrected chi connectivity index (χ4v) is 4.19. The van der Waals surface area contributed by atoms with Gasteiger partial charge in [0.1, 0.15) is 29.1 Å². The van der Waals surface area contributed by atoms with Gasteiger partial charge in [0.2, 0.25) is 6.79 Å². The van der Waals surface area contributed by atoms with Crippen molar-refractivity contribution < 1.29 is 14.2 Å². The van der Waals surface area contributed by atoms with Crippen LogP contribution in [0.2, 0.25) is 0 Å². The van der Waals surface area contributed by atoms with Gasteiger partial charge >= 0.3 is 0 Å². The van der Waals surface area contributed by atoms with Gasteiger partial charge in [-0.2, -0.15) is 0 Å². The van der Waals surface area contributed by atoms with Gasteiger partial charge in [0.15, 0.2) is 11.5 Å². The number of rotatable bonds is 4. The second-order valence-corrected chi connectivity index (χ2v) is 6.56. The summed E-state index contributed by atoms with van der Waals surface area (Å²) in [6, 6.07) is 5.86. The van der Waals surface area contributed by atoms with E-state index in [4.69, 9.17) is 14.2 Å². The van der Waals surface area contributed by atoms with Gasteiger partial charge < -0.3 is 24.4 Å². The number of fused-ring (bicyclic) bond motifs is 1. The van der Waals surface area contributed by atoms with E-state index in [0.717, 1.165) is 46.7 Å². The van der Waals surface area contributed by atoms with Crippen molar-refractivity contribution in [3.05, 3.63) is 30.1 Å². The van der Waals surface area contributed by atoms with Gasteiger partial charge in [-0.15, -0.1) is 11.8 Å². The number of nitrogens with one attached hydrogen (secondary N) is 1. The lowest BCUT2D eigenvalue weighted by Crippen LogP contribution is -2.23. The molecule has 0 saturated carbocycles. The molecule has 2 aromatic rings. The van der Waals surface area contributed by atoms with Crippen molar-refractivity contribution in [2.24, 2.45) is 0 Å². The minimum Gasteiger partial charge on any atom is -0.496 e. The van der Waals surface area contributed by atoms with E-state index in [9.17, 15) is 0 Å². The highest BCUT2D eigenvalue weighted by Gasteiger charge is 2.32. The molecule has 4 rings (SSSR count). The highest BCUT2D eigenvalue weighted by Crippen LogP contribution is 2.48. The maximum atomic E-state index is 5.59. The maximum absolute atomic E-state index is 5.59. The molecule has 1 fully saturated rings. The summed E-state index contributed by atoms with van der Waals surface area (Å²) >= 11 is 1.86. The van der Waals surface area contributed by atoms with Crippen LogP contribution in [0.15, 0.2) is 24.5 Å². The van der Waals surface area contributed by atoms with E-state index in [2.05, 4.69) is 20.2 Å². The lowest BCUT2D eigenvalue weighted by molar-refractivity contribution is 0.174. The molecule has 3 heterocycles. The maximum Gasteiger partial charge on any atom is 0.231 e. The van der Waals surface area contributed by atoms with Crippen LogP contribution in [-0.2, 0) is 0 Å². The summed E-state index contributed by atoms with van der Waals surface area (Å²) in [6.07, 6.45) is 1.58. The predicted molar refractivity (Wildman–Crippen MR) is 93.2 cm³/mol. The van der Waals surface area contributed by atoms with Gasteiger partial charge in [0, 0.05) is 37.0 Å². The molecule has 1 aromatic heterocycles. The fraction of sp³-hybridized carbons (Fsp3) is 0.375. The monoisotopic (exact) mass is 346 g/mol. The molecule has 1 aromatic carbocycles. The molecule has 1 unspecified atom stereocenters. The van der Waals surface area contributed by atoms with Crippen LogP contribution in [0.5, 0.6) is 17.2 Å². The van der Waals surface area contributed by atoms with Crippen molar-refractivity contribution in [3.63, 3.8) is 0 Å². The first-order valence-corrected chi connectivity index (χ1v) is 8.70. The SMILES string of the molecule is CNc1cc(N2CCSC2c2cc3c(cc2OC)OCO3)ncn1. The third-order valence-electron chi connectivity index (χ3n) is 4.09. The molecule has 7 nitrogen and oxygen atoms in total. The third kappa shape index (κ3) is 2.56. The molecule has 1 saturated heterocycles. The molecule has 0 spiro atoms. The third-order valence-corrected chi connectivity index (χ3v) is 5.33. The molecule has 0 aliphatic carbocycles. The topological polar surface area (TPSA) is 68.7 Å². The zero-order chi connectivity index (χ0) is 16.5. The number of anilines is 2. The van der Waals surface area contributed by atoms with Gasteiger partial charge in [0.05, 0.1) is 7.11 Å². The van der Waals surface area contributed by atoms with Gasteiger partial charge in [-0.1, -0.05) is 0 Å². The average molecular weight is 346 g/mol. The van der Waals surface area contributed by atoms with Crippen LogP contribution in [-0.4, -0.2) is 43.2 Å². The van der Waals surface area contributed by atoms with Gasteiger partial charge in [-0.05, 0) is 6.07 Å². The minimum absolute atomic E-state index is 0.106. The molecule has 0 bridgehead atoms. The summed E-state index contributed by atoms with van der Waals surface area (Å²) in [4.78, 5) is 10.9. The second kappa shape index (κ2) is 6.27. The van der Waals surface area contributed by atoms with E-state index in [1.165, 1.54) is 0 Å². The smallest absolute Gasteiger partial charge is 0.231 e. The minimum atomic E-state index is 0.106. The van der Waals surface area contributed by atoms with E-state index < -0.39 is 0 Å². The van der Waals surface area contributed by atoms with Crippen molar-refractivity contribution in [2.45, 2.75) is 5.37 Å². The Balaban J connectivity index is 1.72. The van der Waals surface area contributed by atoms with Crippen molar-refractivity contribution in [3.8, 4) is 17.2 Å². The summed E-state index contributed by atoms with van der Waals surface area (Å²) < 4.78 is 16.6. The summed E-state index contributed by atoms with van der Waals surface area (Å²) in [7, 11) is 3.53. The van der Waals surface area contributed by atoms with Crippen molar-refractivity contribution in [2.75, 3.05) is 43.5 Å². The molecule has 1 N–H and O–H groups in total. The van der Waals surface area contributed by atoms with E-state index in [0.29, 0.717) is 0 Å². The number of hydrogen-bond donors (Lipinski definition) is 1. The average Bonchev–Trinajstić information content (AvgIpc) is 3.29. The van der Waals surface area contributed by atoms with Crippen LogP contribution in [0.4, 0.5) is 11.6 Å².